The average Bonchev–Trinajstić information content (AvgIpc) is 1.76. The van der Waals surface area contributed by atoms with Crippen LogP contribution >= 0.6 is 56.8 Å². The van der Waals surface area contributed by atoms with E-state index in [1.54, 1.807) is 157 Å². The molecule has 0 unspecified atom stereocenters. The number of carbonyl (C=O) groups excluding carboxylic acids is 2. The molecule has 0 atom stereocenters. The van der Waals surface area contributed by atoms with Crippen LogP contribution in [0.1, 0.15) is 166 Å². The first-order chi connectivity index (χ1) is 51.1. The third-order valence-electron chi connectivity index (χ3n) is 19.8. The number of rotatable bonds is 13. The second-order valence-corrected chi connectivity index (χ2v) is 43.1. The molecule has 0 aromatic heterocycles. The molecule has 2 heterocycles. The quantitative estimate of drug-likeness (QED) is 0.0289. The van der Waals surface area contributed by atoms with Crippen LogP contribution in [-0.2, 0) is 46.9 Å². The molecular formula is C86H110Cl5CuF4N6O2PRu2+. The van der Waals surface area contributed by atoms with Crippen molar-refractivity contribution in [3.8, 4) is 0 Å². The van der Waals surface area contributed by atoms with E-state index in [0.29, 0.717) is 11.4 Å². The van der Waals surface area contributed by atoms with Crippen LogP contribution in [0.5, 0.6) is 0 Å². The summed E-state index contributed by atoms with van der Waals surface area (Å²) in [4.78, 5) is 29.2. The predicted molar refractivity (Wildman–Crippen MR) is 447 cm³/mol. The molecule has 5 fully saturated rings. The number of amides is 2. The van der Waals surface area contributed by atoms with Crippen LogP contribution < -0.4 is 24.5 Å². The standard InChI is InChI=1S/C21H27N2.C21H26N2.C18H33P.C10H9F2NO.C9H7F2NO.C7H6.5ClH.Cu.2Ru/c2*1-14-9-16(3)20(17(4)10-14)22-7-8-23(13-22)21-18(5)11-15(2)12-19(21)6;1-4-10-16(11-5-1)19(17-12-6-2-7-13-17)18-14-8-3-9-15-18;1-2-13(10(14)9(11)12)8-6-4-3-5-7-8;1-12(9(13)8(10)11)7-5-3-2-4-6-7;1-7-5-3-2-4-6-7;;;;;;;;/h9-13H,7-8H2,1-6H3;9-13H,1,7-8H2,2-6H3;16-18H,1-15H2;2-7,9H,1H2;1-6,8H;1-6H;5*1H;;;/q-1;;;;;;;;;;;+1;2*+2/p-3. The Labute approximate surface area is 677 Å². The van der Waals surface area contributed by atoms with E-state index in [-0.39, 0.29) is 7.92 Å². The molecular weight excluding hydrogens is 1700 g/mol. The summed E-state index contributed by atoms with van der Waals surface area (Å²) in [6, 6.07) is 39.9. The fourth-order valence-corrected chi connectivity index (χ4v) is 24.7. The SMILES string of the molecule is C1CCC([PH+](C2CCCCC2)C2CCCCC2)CC1.C=C1C=C(C)C(=[N+]2[CH-]N(c3c(C)cc(C)cc3C)CC2)C(C)=C1.C=CN(C(=O)C(F)F)c1ccccc1.Cc1cc(C)c(N2[CH-]N(c3c(C)cc(C)cc3C)CC2)c(C)c1.[Cl][Cu].[Cl][Ru]([Cl])=[CH]c1ccccc1.[OH+]=C(C(F)F)N([CH]=[Ru]([Cl])[Cl])c1ccccc1. The molecule has 6 aliphatic rings. The van der Waals surface area contributed by atoms with Gasteiger partial charge in [0.05, 0.1) is 29.2 Å². The number of benzene rings is 6. The number of alkyl halides is 4. The average molecular weight is 1810 g/mol. The van der Waals surface area contributed by atoms with E-state index in [1.165, 1.54) is 106 Å². The Bertz CT molecular complexity index is 3830. The second-order valence-electron chi connectivity index (χ2n) is 28.2. The van der Waals surface area contributed by atoms with Gasteiger partial charge in [-0.05, 0) is 190 Å². The van der Waals surface area contributed by atoms with Crippen molar-refractivity contribution in [2.75, 3.05) is 50.7 Å². The van der Waals surface area contributed by atoms with Crippen molar-refractivity contribution in [2.45, 2.75) is 202 Å². The van der Waals surface area contributed by atoms with E-state index in [4.69, 9.17) is 38.8 Å². The fourth-order valence-electron chi connectivity index (χ4n) is 16.0. The number of hydrogen-bond donors (Lipinski definition) is 0. The Morgan fingerprint density at radius 3 is 1.23 bits per heavy atom. The number of nitrogens with zero attached hydrogens (tertiary/aromatic N) is 6. The summed E-state index contributed by atoms with van der Waals surface area (Å²) in [6.07, 6.45) is 23.2. The third kappa shape index (κ3) is 28.5. The summed E-state index contributed by atoms with van der Waals surface area (Å²) >= 11 is -0.260. The van der Waals surface area contributed by atoms with Crippen molar-refractivity contribution in [3.05, 3.63) is 245 Å². The molecule has 0 bridgehead atoms. The fraction of sp³-hybridized carbons (Fsp3) is 0.407. The number of anilines is 5. The first-order valence-corrected chi connectivity index (χ1v) is 50.7. The van der Waals surface area contributed by atoms with Gasteiger partial charge in [0.25, 0.3) is 5.91 Å². The summed E-state index contributed by atoms with van der Waals surface area (Å²) in [5, 5.41) is 0. The molecule has 8 nitrogen and oxygen atoms in total. The minimum atomic E-state index is -3.02. The van der Waals surface area contributed by atoms with Crippen LogP contribution in [0, 0.1) is 75.7 Å². The van der Waals surface area contributed by atoms with Crippen molar-refractivity contribution >= 4 is 112 Å². The van der Waals surface area contributed by atoms with Crippen molar-refractivity contribution < 1.29 is 73.9 Å². The topological polar surface area (TPSA) is 57.7 Å². The van der Waals surface area contributed by atoms with Crippen molar-refractivity contribution in [2.24, 2.45) is 0 Å². The molecule has 1 N–H and O–H groups in total. The Balaban J connectivity index is 0.000000204. The van der Waals surface area contributed by atoms with Gasteiger partial charge in [0.15, 0.2) is 0 Å². The summed E-state index contributed by atoms with van der Waals surface area (Å²) in [6.45, 7) is 40.2. The van der Waals surface area contributed by atoms with E-state index in [2.05, 4.69) is 196 Å². The molecule has 0 radical (unpaired) electrons. The van der Waals surface area contributed by atoms with Gasteiger partial charge < -0.3 is 19.3 Å². The van der Waals surface area contributed by atoms with Gasteiger partial charge in [0.1, 0.15) is 13.2 Å². The van der Waals surface area contributed by atoms with Crippen molar-refractivity contribution in [1.29, 1.82) is 0 Å². The van der Waals surface area contributed by atoms with E-state index in [0.717, 1.165) is 53.3 Å². The predicted octanol–water partition coefficient (Wildman–Crippen LogP) is 24.5. The van der Waals surface area contributed by atoms with Gasteiger partial charge in [0.2, 0.25) is 0 Å². The molecule has 590 valence electrons. The van der Waals surface area contributed by atoms with Crippen molar-refractivity contribution in [3.63, 3.8) is 0 Å². The molecule has 2 saturated heterocycles. The van der Waals surface area contributed by atoms with E-state index >= 15 is 0 Å². The van der Waals surface area contributed by atoms with Gasteiger partial charge in [0, 0.05) is 50.0 Å². The normalized spacial score (nSPS) is 16.2. The molecule has 12 rings (SSSR count). The number of hydrogen-bond acceptors (Lipinski definition) is 4. The molecule has 4 aliphatic carbocycles. The minimum absolute atomic E-state index is 0.0465. The van der Waals surface area contributed by atoms with Crippen LogP contribution in [0.2, 0.25) is 0 Å². The van der Waals surface area contributed by atoms with Crippen LogP contribution in [0.4, 0.5) is 46.0 Å². The summed E-state index contributed by atoms with van der Waals surface area (Å²) in [5.74, 6) is -2.35. The van der Waals surface area contributed by atoms with Gasteiger partial charge >= 0.3 is 209 Å². The van der Waals surface area contributed by atoms with Crippen LogP contribution in [0.15, 0.2) is 176 Å². The van der Waals surface area contributed by atoms with Gasteiger partial charge in [-0.3, -0.25) is 9.69 Å². The number of carbonyl (C=O) groups is 1. The zero-order chi connectivity index (χ0) is 78.4. The first-order valence-electron chi connectivity index (χ1n) is 36.8. The maximum absolute atomic E-state index is 12.4. The molecule has 0 spiro atoms. The Morgan fingerprint density at radius 2 is 0.897 bits per heavy atom. The number of para-hydroxylation sites is 2. The van der Waals surface area contributed by atoms with Gasteiger partial charge in [-0.2, -0.15) is 15.4 Å². The maximum atomic E-state index is 12.4. The molecule has 6 aromatic rings. The number of aryl methyl sites for hydroxylation is 9. The molecule has 6 aromatic carbocycles. The van der Waals surface area contributed by atoms with Gasteiger partial charge in [-0.1, -0.05) is 141 Å². The Hall–Kier alpha value is -4.73. The summed E-state index contributed by atoms with van der Waals surface area (Å²) < 4.78 is 54.5. The van der Waals surface area contributed by atoms with Crippen molar-refractivity contribution in [1.82, 2.24) is 0 Å². The first kappa shape index (κ1) is 91.1. The number of halogens is 9. The van der Waals surface area contributed by atoms with Gasteiger partial charge in [-0.25, -0.2) is 0 Å². The van der Waals surface area contributed by atoms with E-state index in [9.17, 15) is 27.2 Å². The second kappa shape index (κ2) is 46.9. The molecule has 2 amide bonds. The zero-order valence-electron chi connectivity index (χ0n) is 63.9. The van der Waals surface area contributed by atoms with E-state index < -0.39 is 51.7 Å². The molecule has 107 heavy (non-hydrogen) atoms. The number of allylic oxidation sites excluding steroid dienone is 5. The monoisotopic (exact) mass is 1810 g/mol. The molecule has 21 heteroatoms. The molecule has 2 aliphatic heterocycles. The summed E-state index contributed by atoms with van der Waals surface area (Å²) in [7, 11) is 26.7. The van der Waals surface area contributed by atoms with E-state index in [1.807, 2.05) is 34.9 Å². The summed E-state index contributed by atoms with van der Waals surface area (Å²) in [5.41, 5.74) is 26.8. The van der Waals surface area contributed by atoms with Crippen LogP contribution in [0.25, 0.3) is 0 Å². The Morgan fingerprint density at radius 1 is 0.542 bits per heavy atom. The van der Waals surface area contributed by atoms with Gasteiger partial charge in [-0.15, -0.1) is 0 Å². The zero-order valence-corrected chi connectivity index (χ0v) is 73.0. The molecule has 3 saturated carbocycles. The van der Waals surface area contributed by atoms with Crippen LogP contribution in [0.3, 0.4) is 0 Å². The van der Waals surface area contributed by atoms with Crippen LogP contribution in [-0.4, -0.2) is 92.2 Å². The Kier molecular flexibility index (Phi) is 40.0. The third-order valence-corrected chi connectivity index (χ3v) is 27.9.